The Morgan fingerprint density at radius 3 is 2.81 bits per heavy atom. The van der Waals surface area contributed by atoms with Gasteiger partial charge in [0.25, 0.3) is 0 Å². The lowest BCUT2D eigenvalue weighted by atomic mass is 9.84. The Morgan fingerprint density at radius 1 is 1.24 bits per heavy atom. The van der Waals surface area contributed by atoms with Gasteiger partial charge in [0, 0.05) is 22.7 Å². The number of para-hydroxylation sites is 1. The van der Waals surface area contributed by atoms with Crippen molar-refractivity contribution in [3.8, 4) is 0 Å². The SMILES string of the molecule is CCNC(CSc1cc2ccccc2[nH]1)C1CCCCC1. The molecule has 1 saturated carbocycles. The van der Waals surface area contributed by atoms with E-state index >= 15 is 0 Å². The van der Waals surface area contributed by atoms with Gasteiger partial charge >= 0.3 is 0 Å². The van der Waals surface area contributed by atoms with E-state index in [-0.39, 0.29) is 0 Å². The van der Waals surface area contributed by atoms with Crippen LogP contribution in [0.2, 0.25) is 0 Å². The van der Waals surface area contributed by atoms with Gasteiger partial charge in [-0.1, -0.05) is 44.4 Å². The number of thioether (sulfide) groups is 1. The molecule has 0 radical (unpaired) electrons. The van der Waals surface area contributed by atoms with E-state index in [1.807, 2.05) is 11.8 Å². The number of aromatic nitrogens is 1. The smallest absolute Gasteiger partial charge is 0.0733 e. The van der Waals surface area contributed by atoms with E-state index in [0.717, 1.165) is 12.5 Å². The minimum atomic E-state index is 0.659. The zero-order chi connectivity index (χ0) is 14.5. The largest absolute Gasteiger partial charge is 0.350 e. The fraction of sp³-hybridized carbons (Fsp3) is 0.556. The summed E-state index contributed by atoms with van der Waals surface area (Å²) < 4.78 is 0. The minimum Gasteiger partial charge on any atom is -0.350 e. The highest BCUT2D eigenvalue weighted by atomic mass is 32.2. The molecule has 1 aliphatic carbocycles. The number of hydrogen-bond acceptors (Lipinski definition) is 2. The van der Waals surface area contributed by atoms with E-state index in [1.54, 1.807) is 0 Å². The van der Waals surface area contributed by atoms with Crippen LogP contribution in [-0.2, 0) is 0 Å². The van der Waals surface area contributed by atoms with Crippen LogP contribution >= 0.6 is 11.8 Å². The number of aromatic amines is 1. The van der Waals surface area contributed by atoms with Crippen molar-refractivity contribution < 1.29 is 0 Å². The van der Waals surface area contributed by atoms with Crippen molar-refractivity contribution in [3.05, 3.63) is 30.3 Å². The van der Waals surface area contributed by atoms with Crippen molar-refractivity contribution >= 4 is 22.7 Å². The highest BCUT2D eigenvalue weighted by molar-refractivity contribution is 7.99. The molecule has 0 saturated heterocycles. The van der Waals surface area contributed by atoms with Crippen LogP contribution in [0.4, 0.5) is 0 Å². The summed E-state index contributed by atoms with van der Waals surface area (Å²) in [6.45, 7) is 3.30. The van der Waals surface area contributed by atoms with Gasteiger partial charge in [0.05, 0.1) is 5.03 Å². The maximum atomic E-state index is 3.72. The van der Waals surface area contributed by atoms with Gasteiger partial charge in [0.1, 0.15) is 0 Å². The normalized spacial score (nSPS) is 18.1. The van der Waals surface area contributed by atoms with Gasteiger partial charge in [0.2, 0.25) is 0 Å². The maximum Gasteiger partial charge on any atom is 0.0733 e. The van der Waals surface area contributed by atoms with Crippen LogP contribution in [0.5, 0.6) is 0 Å². The first-order valence-corrected chi connectivity index (χ1v) is 9.29. The van der Waals surface area contributed by atoms with Crippen LogP contribution in [0.25, 0.3) is 10.9 Å². The zero-order valence-corrected chi connectivity index (χ0v) is 13.7. The highest BCUT2D eigenvalue weighted by Gasteiger charge is 2.23. The van der Waals surface area contributed by atoms with Gasteiger partial charge in [-0.15, -0.1) is 11.8 Å². The van der Waals surface area contributed by atoms with E-state index < -0.39 is 0 Å². The van der Waals surface area contributed by atoms with Gasteiger partial charge in [-0.2, -0.15) is 0 Å². The van der Waals surface area contributed by atoms with Crippen molar-refractivity contribution in [2.75, 3.05) is 12.3 Å². The van der Waals surface area contributed by atoms with Crippen molar-refractivity contribution in [2.45, 2.75) is 50.1 Å². The molecule has 2 N–H and O–H groups in total. The first kappa shape index (κ1) is 15.0. The average Bonchev–Trinajstić information content (AvgIpc) is 2.95. The van der Waals surface area contributed by atoms with Crippen LogP contribution in [-0.4, -0.2) is 23.3 Å². The fourth-order valence-corrected chi connectivity index (χ4v) is 4.61. The predicted octanol–water partition coefficient (Wildman–Crippen LogP) is 4.82. The molecule has 2 nitrogen and oxygen atoms in total. The molecular formula is C18H26N2S. The summed E-state index contributed by atoms with van der Waals surface area (Å²) in [6, 6.07) is 11.5. The molecule has 1 heterocycles. The van der Waals surface area contributed by atoms with Gasteiger partial charge in [0.15, 0.2) is 0 Å². The van der Waals surface area contributed by atoms with E-state index in [2.05, 4.69) is 47.6 Å². The van der Waals surface area contributed by atoms with Crippen LogP contribution < -0.4 is 5.32 Å². The molecule has 2 aromatic rings. The maximum absolute atomic E-state index is 3.72. The van der Waals surface area contributed by atoms with Crippen molar-refractivity contribution in [2.24, 2.45) is 5.92 Å². The Labute approximate surface area is 132 Å². The molecule has 0 bridgehead atoms. The summed E-state index contributed by atoms with van der Waals surface area (Å²) in [6.07, 6.45) is 7.09. The number of hydrogen-bond donors (Lipinski definition) is 2. The first-order valence-electron chi connectivity index (χ1n) is 8.30. The standard InChI is InChI=1S/C18H26N2S/c1-2-19-17(14-8-4-3-5-9-14)13-21-18-12-15-10-6-7-11-16(15)20-18/h6-7,10-12,14,17,19-20H,2-5,8-9,13H2,1H3. The number of fused-ring (bicyclic) bond motifs is 1. The summed E-state index contributed by atoms with van der Waals surface area (Å²) >= 11 is 1.97. The second-order valence-electron chi connectivity index (χ2n) is 6.09. The predicted molar refractivity (Wildman–Crippen MR) is 93.1 cm³/mol. The summed E-state index contributed by atoms with van der Waals surface area (Å²) in [5.74, 6) is 2.04. The van der Waals surface area contributed by atoms with Crippen LogP contribution in [0.3, 0.4) is 0 Å². The lowest BCUT2D eigenvalue weighted by molar-refractivity contribution is 0.288. The number of rotatable bonds is 6. The fourth-order valence-electron chi connectivity index (χ4n) is 3.46. The third-order valence-corrected chi connectivity index (χ3v) is 5.67. The van der Waals surface area contributed by atoms with Gasteiger partial charge < -0.3 is 10.3 Å². The lowest BCUT2D eigenvalue weighted by Crippen LogP contribution is -2.39. The molecular weight excluding hydrogens is 276 g/mol. The average molecular weight is 302 g/mol. The lowest BCUT2D eigenvalue weighted by Gasteiger charge is -2.30. The topological polar surface area (TPSA) is 27.8 Å². The van der Waals surface area contributed by atoms with E-state index in [0.29, 0.717) is 6.04 Å². The Morgan fingerprint density at radius 2 is 2.05 bits per heavy atom. The van der Waals surface area contributed by atoms with Gasteiger partial charge in [-0.25, -0.2) is 0 Å². The highest BCUT2D eigenvalue weighted by Crippen LogP contribution is 2.30. The molecule has 1 unspecified atom stereocenters. The van der Waals surface area contributed by atoms with Crippen LogP contribution in [0.1, 0.15) is 39.0 Å². The summed E-state index contributed by atoms with van der Waals surface area (Å²) in [7, 11) is 0. The minimum absolute atomic E-state index is 0.659. The van der Waals surface area contributed by atoms with Crippen molar-refractivity contribution in [3.63, 3.8) is 0 Å². The Balaban J connectivity index is 1.62. The number of benzene rings is 1. The molecule has 1 fully saturated rings. The zero-order valence-electron chi connectivity index (χ0n) is 12.9. The molecule has 114 valence electrons. The van der Waals surface area contributed by atoms with Crippen molar-refractivity contribution in [1.29, 1.82) is 0 Å². The van der Waals surface area contributed by atoms with E-state index in [9.17, 15) is 0 Å². The Hall–Kier alpha value is -0.930. The first-order chi connectivity index (χ1) is 10.4. The van der Waals surface area contributed by atoms with Gasteiger partial charge in [-0.05, 0) is 37.4 Å². The van der Waals surface area contributed by atoms with Crippen LogP contribution in [0.15, 0.2) is 35.4 Å². The molecule has 21 heavy (non-hydrogen) atoms. The van der Waals surface area contributed by atoms with E-state index in [1.165, 1.54) is 53.8 Å². The number of H-pyrrole nitrogens is 1. The molecule has 0 amide bonds. The molecule has 3 rings (SSSR count). The van der Waals surface area contributed by atoms with E-state index in [4.69, 9.17) is 0 Å². The summed E-state index contributed by atoms with van der Waals surface area (Å²) in [5, 5.41) is 6.34. The third-order valence-electron chi connectivity index (χ3n) is 4.61. The number of nitrogens with one attached hydrogen (secondary N) is 2. The molecule has 0 spiro atoms. The molecule has 0 aliphatic heterocycles. The second-order valence-corrected chi connectivity index (χ2v) is 7.16. The Bertz CT molecular complexity index is 524. The third kappa shape index (κ3) is 3.83. The molecule has 1 aliphatic rings. The molecule has 1 aromatic carbocycles. The van der Waals surface area contributed by atoms with Gasteiger partial charge in [-0.3, -0.25) is 0 Å². The molecule has 1 atom stereocenters. The molecule has 1 aromatic heterocycles. The summed E-state index contributed by atoms with van der Waals surface area (Å²) in [5.41, 5.74) is 1.25. The molecule has 3 heteroatoms. The van der Waals surface area contributed by atoms with Crippen LogP contribution in [0, 0.1) is 5.92 Å². The second kappa shape index (κ2) is 7.37. The van der Waals surface area contributed by atoms with Crippen molar-refractivity contribution in [1.82, 2.24) is 10.3 Å². The monoisotopic (exact) mass is 302 g/mol. The summed E-state index contributed by atoms with van der Waals surface area (Å²) in [4.78, 5) is 3.53. The Kier molecular flexibility index (Phi) is 5.26. The quantitative estimate of drug-likeness (QED) is 0.749.